The summed E-state index contributed by atoms with van der Waals surface area (Å²) in [5.74, 6) is 7.51. The summed E-state index contributed by atoms with van der Waals surface area (Å²) >= 11 is 3.44. The number of aromatic nitrogens is 2. The Morgan fingerprint density at radius 1 is 1.47 bits per heavy atom. The van der Waals surface area contributed by atoms with E-state index in [1.165, 1.54) is 25.7 Å². The fourth-order valence-corrected chi connectivity index (χ4v) is 2.74. The van der Waals surface area contributed by atoms with Crippen LogP contribution in [0.2, 0.25) is 0 Å². The maximum atomic E-state index is 5.30. The number of hydrogen-bond acceptors (Lipinski definition) is 5. The molecule has 0 atom stereocenters. The average molecular weight is 298 g/mol. The second-order valence-corrected chi connectivity index (χ2v) is 5.88. The maximum Gasteiger partial charge on any atom is 0.239 e. The van der Waals surface area contributed by atoms with E-state index in [1.807, 2.05) is 0 Å². The summed E-state index contributed by atoms with van der Waals surface area (Å²) < 4.78 is 0.878. The first-order valence-electron chi connectivity index (χ1n) is 5.96. The fourth-order valence-electron chi connectivity index (χ4n) is 2.41. The van der Waals surface area contributed by atoms with Gasteiger partial charge in [-0.1, -0.05) is 0 Å². The minimum absolute atomic E-state index is 0.437. The molecule has 1 heterocycles. The molecule has 0 amide bonds. The zero-order valence-corrected chi connectivity index (χ0v) is 11.1. The molecule has 4 N–H and O–H groups in total. The third kappa shape index (κ3) is 2.24. The molecule has 1 aromatic heterocycles. The van der Waals surface area contributed by atoms with Gasteiger partial charge in [0.25, 0.3) is 0 Å². The number of nitrogens with zero attached hydrogens (tertiary/aromatic N) is 2. The van der Waals surface area contributed by atoms with Gasteiger partial charge in [-0.25, -0.2) is 10.8 Å². The predicted molar refractivity (Wildman–Crippen MR) is 70.4 cm³/mol. The highest BCUT2D eigenvalue weighted by Crippen LogP contribution is 2.61. The van der Waals surface area contributed by atoms with Gasteiger partial charge in [0.2, 0.25) is 5.95 Å². The van der Waals surface area contributed by atoms with E-state index in [2.05, 4.69) is 36.6 Å². The highest BCUT2D eigenvalue weighted by Gasteiger charge is 2.53. The highest BCUT2D eigenvalue weighted by molar-refractivity contribution is 9.10. The van der Waals surface area contributed by atoms with Crippen LogP contribution in [0.25, 0.3) is 0 Å². The summed E-state index contributed by atoms with van der Waals surface area (Å²) in [6, 6.07) is 0. The molecule has 2 fully saturated rings. The number of halogens is 1. The molecule has 1 aromatic rings. The Hall–Kier alpha value is -0.880. The van der Waals surface area contributed by atoms with Crippen LogP contribution in [0.1, 0.15) is 25.7 Å². The van der Waals surface area contributed by atoms with Crippen molar-refractivity contribution in [2.75, 3.05) is 17.3 Å². The summed E-state index contributed by atoms with van der Waals surface area (Å²) in [7, 11) is 0. The first-order valence-corrected chi connectivity index (χ1v) is 6.76. The van der Waals surface area contributed by atoms with Gasteiger partial charge in [0.1, 0.15) is 5.82 Å². The lowest BCUT2D eigenvalue weighted by Gasteiger charge is -2.16. The van der Waals surface area contributed by atoms with E-state index in [4.69, 9.17) is 5.84 Å². The normalized spacial score (nSPS) is 21.1. The third-order valence-electron chi connectivity index (χ3n) is 3.82. The lowest BCUT2D eigenvalue weighted by Crippen LogP contribution is -2.19. The fraction of sp³-hybridized carbons (Fsp3) is 0.636. The van der Waals surface area contributed by atoms with Crippen LogP contribution in [0.3, 0.4) is 0 Å². The van der Waals surface area contributed by atoms with Gasteiger partial charge in [0, 0.05) is 12.7 Å². The van der Waals surface area contributed by atoms with Gasteiger partial charge in [0.15, 0.2) is 0 Å². The number of nitrogens with one attached hydrogen (secondary N) is 2. The summed E-state index contributed by atoms with van der Waals surface area (Å²) in [6.07, 6.45) is 7.23. The molecule has 0 radical (unpaired) electrons. The Morgan fingerprint density at radius 2 is 2.24 bits per heavy atom. The van der Waals surface area contributed by atoms with E-state index < -0.39 is 0 Å². The summed E-state index contributed by atoms with van der Waals surface area (Å²) in [4.78, 5) is 8.33. The quantitative estimate of drug-likeness (QED) is 0.573. The van der Waals surface area contributed by atoms with Crippen molar-refractivity contribution in [2.45, 2.75) is 25.7 Å². The van der Waals surface area contributed by atoms with Crippen LogP contribution in [0.5, 0.6) is 0 Å². The van der Waals surface area contributed by atoms with Crippen LogP contribution >= 0.6 is 15.9 Å². The second kappa shape index (κ2) is 4.10. The molecule has 5 nitrogen and oxygen atoms in total. The monoisotopic (exact) mass is 297 g/mol. The van der Waals surface area contributed by atoms with Gasteiger partial charge in [-0.15, -0.1) is 0 Å². The van der Waals surface area contributed by atoms with Gasteiger partial charge >= 0.3 is 0 Å². The lowest BCUT2D eigenvalue weighted by molar-refractivity contribution is 0.466. The summed E-state index contributed by atoms with van der Waals surface area (Å²) in [5.41, 5.74) is 3.02. The smallest absolute Gasteiger partial charge is 0.239 e. The van der Waals surface area contributed by atoms with Crippen LogP contribution < -0.4 is 16.6 Å². The SMILES string of the molecule is NNc1ncc(Br)c(NCC2(C3CC3)CC2)n1. The number of nitrogen functional groups attached to an aromatic ring is 1. The van der Waals surface area contributed by atoms with Crippen LogP contribution in [0.4, 0.5) is 11.8 Å². The van der Waals surface area contributed by atoms with E-state index >= 15 is 0 Å². The van der Waals surface area contributed by atoms with Gasteiger partial charge in [-0.3, -0.25) is 5.43 Å². The third-order valence-corrected chi connectivity index (χ3v) is 4.40. The maximum absolute atomic E-state index is 5.30. The van der Waals surface area contributed by atoms with E-state index in [1.54, 1.807) is 6.20 Å². The molecule has 0 aromatic carbocycles. The minimum Gasteiger partial charge on any atom is -0.368 e. The molecule has 2 saturated carbocycles. The first-order chi connectivity index (χ1) is 8.23. The topological polar surface area (TPSA) is 75.9 Å². The molecule has 0 bridgehead atoms. The largest absolute Gasteiger partial charge is 0.368 e. The number of hydrazine groups is 1. The average Bonchev–Trinajstić information content (AvgIpc) is 3.19. The van der Waals surface area contributed by atoms with Crippen molar-refractivity contribution in [3.63, 3.8) is 0 Å². The molecule has 0 spiro atoms. The minimum atomic E-state index is 0.437. The van der Waals surface area contributed by atoms with Crippen LogP contribution in [0, 0.1) is 11.3 Å². The van der Waals surface area contributed by atoms with Crippen LogP contribution in [0.15, 0.2) is 10.7 Å². The van der Waals surface area contributed by atoms with Crippen LogP contribution in [-0.2, 0) is 0 Å². The van der Waals surface area contributed by atoms with Gasteiger partial charge in [-0.05, 0) is 52.9 Å². The Kier molecular flexibility index (Phi) is 2.71. The molecule has 0 unspecified atom stereocenters. The molecule has 3 rings (SSSR count). The zero-order chi connectivity index (χ0) is 11.9. The molecule has 2 aliphatic carbocycles. The molecule has 92 valence electrons. The summed E-state index contributed by atoms with van der Waals surface area (Å²) in [5, 5.41) is 3.42. The second-order valence-electron chi connectivity index (χ2n) is 5.02. The molecular weight excluding hydrogens is 282 g/mol. The molecule has 17 heavy (non-hydrogen) atoms. The lowest BCUT2D eigenvalue weighted by atomic mass is 10.0. The van der Waals surface area contributed by atoms with Crippen molar-refractivity contribution >= 4 is 27.7 Å². The van der Waals surface area contributed by atoms with E-state index in [0.29, 0.717) is 11.4 Å². The van der Waals surface area contributed by atoms with E-state index in [9.17, 15) is 0 Å². The van der Waals surface area contributed by atoms with E-state index in [0.717, 1.165) is 22.8 Å². The number of hydrogen-bond donors (Lipinski definition) is 3. The highest BCUT2D eigenvalue weighted by atomic mass is 79.9. The standard InChI is InChI=1S/C11H16BrN5/c12-8-5-14-10(17-13)16-9(8)15-6-11(3-4-11)7-1-2-7/h5,7H,1-4,6,13H2,(H2,14,15,16,17). The Balaban J connectivity index is 1.68. The van der Waals surface area contributed by atoms with Crippen molar-refractivity contribution in [3.8, 4) is 0 Å². The van der Waals surface area contributed by atoms with E-state index in [-0.39, 0.29) is 0 Å². The van der Waals surface area contributed by atoms with Crippen LogP contribution in [-0.4, -0.2) is 16.5 Å². The number of nitrogens with two attached hydrogens (primary N) is 1. The summed E-state index contributed by atoms with van der Waals surface area (Å²) in [6.45, 7) is 1.01. The molecule has 6 heteroatoms. The molecule has 0 aliphatic heterocycles. The van der Waals surface area contributed by atoms with Crippen molar-refractivity contribution in [2.24, 2.45) is 17.2 Å². The first kappa shape index (κ1) is 11.2. The van der Waals surface area contributed by atoms with Gasteiger partial charge < -0.3 is 5.32 Å². The Bertz CT molecular complexity index is 428. The predicted octanol–water partition coefficient (Wildman–Crippen LogP) is 2.13. The van der Waals surface area contributed by atoms with Crippen molar-refractivity contribution < 1.29 is 0 Å². The Labute approximate surface area is 109 Å². The zero-order valence-electron chi connectivity index (χ0n) is 9.54. The number of rotatable bonds is 5. The molecule has 0 saturated heterocycles. The van der Waals surface area contributed by atoms with Crippen molar-refractivity contribution in [1.82, 2.24) is 9.97 Å². The Morgan fingerprint density at radius 3 is 2.82 bits per heavy atom. The van der Waals surface area contributed by atoms with Gasteiger partial charge in [0.05, 0.1) is 4.47 Å². The number of anilines is 2. The molecular formula is C11H16BrN5. The van der Waals surface area contributed by atoms with Crippen molar-refractivity contribution in [3.05, 3.63) is 10.7 Å². The van der Waals surface area contributed by atoms with Gasteiger partial charge in [-0.2, -0.15) is 4.98 Å². The molecule has 2 aliphatic rings. The van der Waals surface area contributed by atoms with Crippen molar-refractivity contribution in [1.29, 1.82) is 0 Å².